The zero-order valence-corrected chi connectivity index (χ0v) is 30.1. The molecule has 0 fully saturated rings. The molecular weight excluding hydrogens is 602 g/mol. The summed E-state index contributed by atoms with van der Waals surface area (Å²) in [5.41, 5.74) is 0. The Hall–Kier alpha value is -0.410. The maximum absolute atomic E-state index is 8.74. The SMILES string of the molecule is CC(O)CO.CCCCCCCCCCCCOCCCCCCCCCCCC.O=S(=O)(O)O.OCCN(CCO)CCO. The molecular formula is C33H75NO10S. The van der Waals surface area contributed by atoms with Crippen LogP contribution in [0.1, 0.15) is 149 Å². The van der Waals surface area contributed by atoms with Crippen molar-refractivity contribution in [1.29, 1.82) is 0 Å². The van der Waals surface area contributed by atoms with Crippen LogP contribution in [-0.4, -0.2) is 113 Å². The highest BCUT2D eigenvalue weighted by atomic mass is 32.3. The Morgan fingerprint density at radius 2 is 0.756 bits per heavy atom. The molecule has 1 atom stereocenters. The number of hydrogen-bond acceptors (Lipinski definition) is 9. The Kier molecular flexibility index (Phi) is 52.2. The van der Waals surface area contributed by atoms with Crippen LogP contribution in [0, 0.1) is 0 Å². The van der Waals surface area contributed by atoms with Gasteiger partial charge in [0.05, 0.1) is 32.5 Å². The van der Waals surface area contributed by atoms with Gasteiger partial charge in [0.2, 0.25) is 0 Å². The van der Waals surface area contributed by atoms with Gasteiger partial charge in [-0.25, -0.2) is 0 Å². The molecule has 0 aliphatic carbocycles. The van der Waals surface area contributed by atoms with E-state index in [2.05, 4.69) is 13.8 Å². The molecule has 7 N–H and O–H groups in total. The van der Waals surface area contributed by atoms with Crippen LogP contribution in [0.5, 0.6) is 0 Å². The van der Waals surface area contributed by atoms with Crippen molar-refractivity contribution in [2.75, 3.05) is 59.3 Å². The van der Waals surface area contributed by atoms with E-state index in [1.807, 2.05) is 0 Å². The van der Waals surface area contributed by atoms with Crippen molar-refractivity contribution in [3.8, 4) is 0 Å². The zero-order chi connectivity index (χ0) is 34.9. The second-order valence-electron chi connectivity index (χ2n) is 11.5. The topological polar surface area (TPSA) is 188 Å². The quantitative estimate of drug-likeness (QED) is 0.0373. The molecule has 0 saturated carbocycles. The number of rotatable bonds is 29. The average molecular weight is 678 g/mol. The minimum absolute atomic E-state index is 0.0694. The largest absolute Gasteiger partial charge is 0.395 e. The van der Waals surface area contributed by atoms with Crippen molar-refractivity contribution in [3.63, 3.8) is 0 Å². The van der Waals surface area contributed by atoms with E-state index in [4.69, 9.17) is 47.8 Å². The average Bonchev–Trinajstić information content (AvgIpc) is 2.98. The van der Waals surface area contributed by atoms with Gasteiger partial charge in [0.1, 0.15) is 0 Å². The normalized spacial score (nSPS) is 11.6. The molecule has 0 aromatic carbocycles. The van der Waals surface area contributed by atoms with Gasteiger partial charge in [0.25, 0.3) is 0 Å². The Bertz CT molecular complexity index is 554. The maximum Gasteiger partial charge on any atom is 0.394 e. The van der Waals surface area contributed by atoms with Crippen LogP contribution in [0.25, 0.3) is 0 Å². The molecule has 278 valence electrons. The van der Waals surface area contributed by atoms with Gasteiger partial charge in [0.15, 0.2) is 0 Å². The summed E-state index contributed by atoms with van der Waals surface area (Å²) in [7, 11) is -4.67. The fourth-order valence-electron chi connectivity index (χ4n) is 4.24. The second-order valence-corrected chi connectivity index (χ2v) is 12.4. The predicted molar refractivity (Wildman–Crippen MR) is 185 cm³/mol. The van der Waals surface area contributed by atoms with Crippen LogP contribution in [0.4, 0.5) is 0 Å². The Labute approximate surface area is 277 Å². The first-order valence-electron chi connectivity index (χ1n) is 17.6. The summed E-state index contributed by atoms with van der Waals surface area (Å²) in [5.74, 6) is 0. The number of aliphatic hydroxyl groups excluding tert-OH is 5. The first kappa shape index (κ1) is 51.4. The molecule has 45 heavy (non-hydrogen) atoms. The van der Waals surface area contributed by atoms with Gasteiger partial charge in [-0.1, -0.05) is 129 Å². The lowest BCUT2D eigenvalue weighted by Crippen LogP contribution is -2.32. The summed E-state index contributed by atoms with van der Waals surface area (Å²) in [5, 5.41) is 41.5. The van der Waals surface area contributed by atoms with Gasteiger partial charge >= 0.3 is 10.4 Å². The number of nitrogens with zero attached hydrogens (tertiary/aromatic N) is 1. The third-order valence-corrected chi connectivity index (χ3v) is 6.80. The first-order valence-corrected chi connectivity index (χ1v) is 19.0. The Balaban J connectivity index is -0.000000340. The van der Waals surface area contributed by atoms with Crippen LogP contribution in [0.2, 0.25) is 0 Å². The van der Waals surface area contributed by atoms with Gasteiger partial charge in [-0.2, -0.15) is 8.42 Å². The maximum atomic E-state index is 8.74. The van der Waals surface area contributed by atoms with Crippen LogP contribution in [0.15, 0.2) is 0 Å². The number of ether oxygens (including phenoxy) is 1. The van der Waals surface area contributed by atoms with Crippen molar-refractivity contribution in [3.05, 3.63) is 0 Å². The van der Waals surface area contributed by atoms with E-state index in [0.717, 1.165) is 13.2 Å². The molecule has 0 radical (unpaired) electrons. The summed E-state index contributed by atoms with van der Waals surface area (Å²) >= 11 is 0. The molecule has 0 rings (SSSR count). The van der Waals surface area contributed by atoms with Crippen molar-refractivity contribution in [2.24, 2.45) is 0 Å². The second kappa shape index (κ2) is 45.7. The smallest absolute Gasteiger partial charge is 0.394 e. The van der Waals surface area contributed by atoms with Crippen molar-refractivity contribution >= 4 is 10.4 Å². The molecule has 0 aromatic heterocycles. The molecule has 0 saturated heterocycles. The van der Waals surface area contributed by atoms with Crippen LogP contribution in [0.3, 0.4) is 0 Å². The molecule has 0 aromatic rings. The van der Waals surface area contributed by atoms with Crippen LogP contribution in [-0.2, 0) is 15.1 Å². The van der Waals surface area contributed by atoms with Crippen LogP contribution >= 0.6 is 0 Å². The van der Waals surface area contributed by atoms with E-state index < -0.39 is 16.5 Å². The highest BCUT2D eigenvalue weighted by Gasteiger charge is 2.00. The Morgan fingerprint density at radius 1 is 0.533 bits per heavy atom. The molecule has 0 heterocycles. The number of aliphatic hydroxyl groups is 5. The van der Waals surface area contributed by atoms with Crippen LogP contribution < -0.4 is 0 Å². The molecule has 0 spiro atoms. The molecule has 12 heteroatoms. The van der Waals surface area contributed by atoms with Gasteiger partial charge in [0, 0.05) is 32.8 Å². The summed E-state index contributed by atoms with van der Waals surface area (Å²) in [6, 6.07) is 0. The standard InChI is InChI=1S/C24H50O.C6H15NO3.C3H8O2.H2O4S/c1-3-5-7-9-11-13-15-17-19-21-23-25-24-22-20-18-16-14-12-10-8-6-4-2;8-4-1-7(2-5-9)3-6-10;1-3(5)2-4;1-5(2,3)4/h3-24H2,1-2H3;8-10H,1-6H2;3-5H,2H2,1H3;(H2,1,2,3,4). The number of hydrogen-bond donors (Lipinski definition) is 7. The van der Waals surface area contributed by atoms with E-state index in [1.165, 1.54) is 135 Å². The lowest BCUT2D eigenvalue weighted by molar-refractivity contribution is 0.110. The van der Waals surface area contributed by atoms with Crippen molar-refractivity contribution in [2.45, 2.75) is 155 Å². The molecule has 11 nitrogen and oxygen atoms in total. The fraction of sp³-hybridized carbons (Fsp3) is 1.00. The van der Waals surface area contributed by atoms with Gasteiger partial charge in [-0.3, -0.25) is 14.0 Å². The van der Waals surface area contributed by atoms with E-state index >= 15 is 0 Å². The van der Waals surface area contributed by atoms with E-state index in [9.17, 15) is 0 Å². The Morgan fingerprint density at radius 3 is 0.956 bits per heavy atom. The highest BCUT2D eigenvalue weighted by Crippen LogP contribution is 2.12. The van der Waals surface area contributed by atoms with Crippen molar-refractivity contribution in [1.82, 2.24) is 4.90 Å². The third-order valence-electron chi connectivity index (χ3n) is 6.80. The summed E-state index contributed by atoms with van der Waals surface area (Å²) in [4.78, 5) is 1.79. The third kappa shape index (κ3) is 71.0. The molecule has 0 amide bonds. The minimum Gasteiger partial charge on any atom is -0.395 e. The number of unbranched alkanes of at least 4 members (excludes halogenated alkanes) is 18. The van der Waals surface area contributed by atoms with Crippen molar-refractivity contribution < 1.29 is 47.8 Å². The highest BCUT2D eigenvalue weighted by molar-refractivity contribution is 7.79. The zero-order valence-electron chi connectivity index (χ0n) is 29.3. The molecule has 0 bridgehead atoms. The fourth-order valence-corrected chi connectivity index (χ4v) is 4.24. The van der Waals surface area contributed by atoms with Gasteiger partial charge < -0.3 is 30.3 Å². The lowest BCUT2D eigenvalue weighted by atomic mass is 10.1. The first-order chi connectivity index (χ1) is 21.5. The predicted octanol–water partition coefficient (Wildman–Crippen LogP) is 5.82. The van der Waals surface area contributed by atoms with Gasteiger partial charge in [-0.05, 0) is 19.8 Å². The summed E-state index contributed by atoms with van der Waals surface area (Å²) in [6.45, 7) is 9.71. The minimum atomic E-state index is -4.67. The molecule has 1 unspecified atom stereocenters. The van der Waals surface area contributed by atoms with E-state index in [1.54, 1.807) is 4.90 Å². The van der Waals surface area contributed by atoms with Gasteiger partial charge in [-0.15, -0.1) is 0 Å². The van der Waals surface area contributed by atoms with E-state index in [-0.39, 0.29) is 26.4 Å². The summed E-state index contributed by atoms with van der Waals surface area (Å²) < 4.78 is 37.4. The monoisotopic (exact) mass is 678 g/mol. The van der Waals surface area contributed by atoms with E-state index in [0.29, 0.717) is 19.6 Å². The lowest BCUT2D eigenvalue weighted by Gasteiger charge is -2.17. The molecule has 0 aliphatic rings. The molecule has 0 aliphatic heterocycles. The summed E-state index contributed by atoms with van der Waals surface area (Å²) in [6.07, 6.45) is 27.6.